The van der Waals surface area contributed by atoms with Crippen molar-refractivity contribution in [2.24, 2.45) is 5.92 Å². The fourth-order valence-corrected chi connectivity index (χ4v) is 4.94. The molecule has 5 nitrogen and oxygen atoms in total. The topological polar surface area (TPSA) is 70.2 Å². The average molecular weight is 364 g/mol. The first kappa shape index (κ1) is 17.7. The number of benzene rings is 1. The summed E-state index contributed by atoms with van der Waals surface area (Å²) in [7, 11) is -3.15. The number of carbonyl (C=O) groups is 1. The van der Waals surface area contributed by atoms with Gasteiger partial charge in [-0.3, -0.25) is 4.79 Å². The molecule has 0 bridgehead atoms. The minimum atomic E-state index is -3.15. The number of rotatable bonds is 5. The van der Waals surface area contributed by atoms with Crippen molar-refractivity contribution in [3.8, 4) is 11.1 Å². The molecule has 7 heteroatoms. The molecule has 1 fully saturated rings. The van der Waals surface area contributed by atoms with Crippen LogP contribution in [0.15, 0.2) is 36.5 Å². The Kier molecular flexibility index (Phi) is 4.69. The molecule has 0 aliphatic carbocycles. The van der Waals surface area contributed by atoms with Crippen molar-refractivity contribution in [2.45, 2.75) is 19.1 Å². The number of carbonyl (C=O) groups excluding carboxylic acids is 1. The molecule has 1 aromatic heterocycles. The van der Waals surface area contributed by atoms with Crippen LogP contribution < -0.4 is 0 Å². The molecule has 0 atom stereocenters. The first-order valence-corrected chi connectivity index (χ1v) is 9.93. The van der Waals surface area contributed by atoms with Gasteiger partial charge < -0.3 is 9.88 Å². The van der Waals surface area contributed by atoms with E-state index in [9.17, 15) is 17.6 Å². The molecule has 1 N–H and O–H groups in total. The lowest BCUT2D eigenvalue weighted by Gasteiger charge is -2.38. The number of sulfone groups is 1. The third-order valence-corrected chi connectivity index (χ3v) is 6.74. The molecule has 0 unspecified atom stereocenters. The summed E-state index contributed by atoms with van der Waals surface area (Å²) >= 11 is 0. The van der Waals surface area contributed by atoms with Crippen molar-refractivity contribution in [3.63, 3.8) is 0 Å². The number of aromatic amines is 1. The molecule has 0 saturated carbocycles. The zero-order valence-electron chi connectivity index (χ0n) is 14.2. The van der Waals surface area contributed by atoms with Crippen LogP contribution in [0.2, 0.25) is 0 Å². The largest absolute Gasteiger partial charge is 0.357 e. The second-order valence-corrected chi connectivity index (χ2v) is 9.19. The Bertz CT molecular complexity index is 866. The molecule has 0 radical (unpaired) electrons. The second kappa shape index (κ2) is 6.63. The van der Waals surface area contributed by atoms with Crippen molar-refractivity contribution < 1.29 is 17.6 Å². The average Bonchev–Trinajstić information content (AvgIpc) is 2.94. The highest BCUT2D eigenvalue weighted by Crippen LogP contribution is 2.24. The van der Waals surface area contributed by atoms with Gasteiger partial charge in [-0.2, -0.15) is 0 Å². The molecule has 1 aromatic carbocycles. The van der Waals surface area contributed by atoms with Crippen LogP contribution in [-0.2, 0) is 9.84 Å². The molecule has 1 aliphatic heterocycles. The molecular formula is C18H21FN2O3S. The van der Waals surface area contributed by atoms with E-state index >= 15 is 0 Å². The highest BCUT2D eigenvalue weighted by atomic mass is 32.2. The van der Waals surface area contributed by atoms with Gasteiger partial charge in [0.15, 0.2) is 9.84 Å². The van der Waals surface area contributed by atoms with Gasteiger partial charge in [0, 0.05) is 19.3 Å². The zero-order chi connectivity index (χ0) is 18.2. The van der Waals surface area contributed by atoms with Gasteiger partial charge in [-0.05, 0) is 35.2 Å². The van der Waals surface area contributed by atoms with E-state index in [1.807, 2.05) is 13.8 Å². The lowest BCUT2D eigenvalue weighted by Crippen LogP contribution is -2.57. The van der Waals surface area contributed by atoms with E-state index in [2.05, 4.69) is 4.98 Å². The quantitative estimate of drug-likeness (QED) is 0.887. The van der Waals surface area contributed by atoms with Gasteiger partial charge in [0.2, 0.25) is 0 Å². The lowest BCUT2D eigenvalue weighted by molar-refractivity contribution is 0.0653. The lowest BCUT2D eigenvalue weighted by atomic mass is 10.1. The highest BCUT2D eigenvalue weighted by Gasteiger charge is 2.40. The number of nitrogens with one attached hydrogen (secondary N) is 1. The van der Waals surface area contributed by atoms with Crippen LogP contribution in [0.3, 0.4) is 0 Å². The third kappa shape index (κ3) is 3.76. The van der Waals surface area contributed by atoms with Crippen LogP contribution in [-0.4, -0.2) is 48.3 Å². The molecule has 1 saturated heterocycles. The maximum Gasteiger partial charge on any atom is 0.270 e. The Hall–Kier alpha value is -2.15. The number of likely N-dealkylation sites (tertiary alicyclic amines) is 1. The first-order valence-electron chi connectivity index (χ1n) is 8.21. The van der Waals surface area contributed by atoms with Crippen molar-refractivity contribution in [1.82, 2.24) is 9.88 Å². The Morgan fingerprint density at radius 3 is 2.48 bits per heavy atom. The number of H-pyrrole nitrogens is 1. The summed E-state index contributed by atoms with van der Waals surface area (Å²) in [5, 5.41) is -0.467. The molecule has 2 heterocycles. The highest BCUT2D eigenvalue weighted by molar-refractivity contribution is 7.92. The maximum atomic E-state index is 13.0. The summed E-state index contributed by atoms with van der Waals surface area (Å²) in [6.45, 7) is 4.21. The van der Waals surface area contributed by atoms with Gasteiger partial charge in [-0.1, -0.05) is 26.0 Å². The van der Waals surface area contributed by atoms with Crippen molar-refractivity contribution in [1.29, 1.82) is 0 Å². The number of hydrogen-bond acceptors (Lipinski definition) is 3. The number of halogens is 1. The number of aromatic nitrogens is 1. The molecule has 0 spiro atoms. The summed E-state index contributed by atoms with van der Waals surface area (Å²) in [6.07, 6.45) is 1.69. The molecule has 25 heavy (non-hydrogen) atoms. The molecule has 3 rings (SSSR count). The predicted octanol–water partition coefficient (Wildman–Crippen LogP) is 2.72. The Labute approximate surface area is 146 Å². The summed E-state index contributed by atoms with van der Waals surface area (Å²) in [4.78, 5) is 16.9. The Balaban J connectivity index is 1.65. The van der Waals surface area contributed by atoms with Crippen LogP contribution >= 0.6 is 0 Å². The van der Waals surface area contributed by atoms with E-state index in [1.165, 1.54) is 17.0 Å². The molecule has 2 aromatic rings. The summed E-state index contributed by atoms with van der Waals surface area (Å²) in [5.41, 5.74) is 1.99. The Morgan fingerprint density at radius 1 is 1.24 bits per heavy atom. The normalized spacial score (nSPS) is 15.4. The van der Waals surface area contributed by atoms with Crippen molar-refractivity contribution >= 4 is 15.7 Å². The fraction of sp³-hybridized carbons (Fsp3) is 0.389. The summed E-state index contributed by atoms with van der Waals surface area (Å²) < 4.78 is 37.3. The number of nitrogens with zero attached hydrogens (tertiary/aromatic N) is 1. The number of hydrogen-bond donors (Lipinski definition) is 1. The van der Waals surface area contributed by atoms with Gasteiger partial charge in [0.1, 0.15) is 11.5 Å². The van der Waals surface area contributed by atoms with Crippen LogP contribution in [0.4, 0.5) is 4.39 Å². The van der Waals surface area contributed by atoms with Gasteiger partial charge in [-0.15, -0.1) is 0 Å². The van der Waals surface area contributed by atoms with Crippen LogP contribution in [0.5, 0.6) is 0 Å². The van der Waals surface area contributed by atoms with Crippen LogP contribution in [0.25, 0.3) is 11.1 Å². The van der Waals surface area contributed by atoms with E-state index in [1.54, 1.807) is 24.4 Å². The van der Waals surface area contributed by atoms with Crippen LogP contribution in [0, 0.1) is 11.7 Å². The minimum absolute atomic E-state index is 0.0800. The second-order valence-electron chi connectivity index (χ2n) is 6.86. The smallest absolute Gasteiger partial charge is 0.270 e. The molecule has 134 valence electrons. The summed E-state index contributed by atoms with van der Waals surface area (Å²) in [6, 6.07) is 7.72. The van der Waals surface area contributed by atoms with E-state index in [0.717, 1.165) is 11.1 Å². The van der Waals surface area contributed by atoms with Crippen molar-refractivity contribution in [3.05, 3.63) is 48.0 Å². The van der Waals surface area contributed by atoms with E-state index in [4.69, 9.17) is 0 Å². The third-order valence-electron chi connectivity index (χ3n) is 4.30. The van der Waals surface area contributed by atoms with Gasteiger partial charge in [0.25, 0.3) is 5.91 Å². The zero-order valence-corrected chi connectivity index (χ0v) is 15.0. The summed E-state index contributed by atoms with van der Waals surface area (Å²) in [5.74, 6) is -0.303. The van der Waals surface area contributed by atoms with Gasteiger partial charge >= 0.3 is 0 Å². The van der Waals surface area contributed by atoms with Gasteiger partial charge in [-0.25, -0.2) is 12.8 Å². The number of amides is 1. The van der Waals surface area contributed by atoms with Crippen molar-refractivity contribution in [2.75, 3.05) is 18.8 Å². The fourth-order valence-electron chi connectivity index (χ4n) is 2.93. The first-order chi connectivity index (χ1) is 11.8. The van der Waals surface area contributed by atoms with Gasteiger partial charge in [0.05, 0.1) is 11.0 Å². The predicted molar refractivity (Wildman–Crippen MR) is 94.5 cm³/mol. The maximum absolute atomic E-state index is 13.0. The molecular weight excluding hydrogens is 343 g/mol. The van der Waals surface area contributed by atoms with E-state index < -0.39 is 15.1 Å². The van der Waals surface area contributed by atoms with E-state index in [-0.39, 0.29) is 36.5 Å². The SMILES string of the molecule is CC(C)CS(=O)(=O)C1CN(C(=O)c2cc(-c3ccc(F)cc3)c[nH]2)C1. The Morgan fingerprint density at radius 2 is 1.88 bits per heavy atom. The minimum Gasteiger partial charge on any atom is -0.357 e. The standard InChI is InChI=1S/C18H21FN2O3S/c1-12(2)11-25(23,24)16-9-21(10-16)18(22)17-7-14(8-20-17)13-3-5-15(19)6-4-13/h3-8,12,16,20H,9-11H2,1-2H3. The molecule has 1 amide bonds. The van der Waals surface area contributed by atoms with E-state index in [0.29, 0.717) is 5.69 Å². The monoisotopic (exact) mass is 364 g/mol. The molecule has 1 aliphatic rings. The van der Waals surface area contributed by atoms with Crippen LogP contribution in [0.1, 0.15) is 24.3 Å².